The Morgan fingerprint density at radius 2 is 2.11 bits per heavy atom. The van der Waals surface area contributed by atoms with Crippen LogP contribution in [0.15, 0.2) is 42.5 Å². The zero-order valence-corrected chi connectivity index (χ0v) is 15.1. The third kappa shape index (κ3) is 4.15. The van der Waals surface area contributed by atoms with Gasteiger partial charge < -0.3 is 10.1 Å². The number of hydrogen-bond acceptors (Lipinski definition) is 4. The molecule has 1 amide bonds. The number of carbonyl (C=O) groups is 1. The lowest BCUT2D eigenvalue weighted by atomic mass is 9.97. The maximum absolute atomic E-state index is 14.0. The topological polar surface area (TPSA) is 64.1 Å². The average Bonchev–Trinajstić information content (AvgIpc) is 3.10. The SMILES string of the molecule is O=C(CC1=CCCCC1)NC[C@H]1Cc2cc(F)cc(-c3cncnc3)c2O1. The summed E-state index contributed by atoms with van der Waals surface area (Å²) >= 11 is 0. The molecule has 1 aromatic carbocycles. The molecular formula is C21H22FN3O2. The molecule has 1 N–H and O–H groups in total. The van der Waals surface area contributed by atoms with Crippen LogP contribution in [0.5, 0.6) is 5.75 Å². The second-order valence-corrected chi connectivity index (χ2v) is 7.10. The van der Waals surface area contributed by atoms with E-state index in [4.69, 9.17) is 4.74 Å². The van der Waals surface area contributed by atoms with Crippen molar-refractivity contribution < 1.29 is 13.9 Å². The van der Waals surface area contributed by atoms with Gasteiger partial charge in [0, 0.05) is 41.9 Å². The zero-order chi connectivity index (χ0) is 18.6. The maximum Gasteiger partial charge on any atom is 0.224 e. The van der Waals surface area contributed by atoms with E-state index >= 15 is 0 Å². The molecule has 2 aromatic rings. The minimum atomic E-state index is -0.315. The first kappa shape index (κ1) is 17.6. The van der Waals surface area contributed by atoms with Gasteiger partial charge in [-0.3, -0.25) is 4.79 Å². The maximum atomic E-state index is 14.0. The van der Waals surface area contributed by atoms with E-state index in [0.29, 0.717) is 36.3 Å². The van der Waals surface area contributed by atoms with Crippen molar-refractivity contribution in [1.29, 1.82) is 0 Å². The minimum Gasteiger partial charge on any atom is -0.487 e. The van der Waals surface area contributed by atoms with E-state index in [1.165, 1.54) is 30.5 Å². The fourth-order valence-corrected chi connectivity index (χ4v) is 3.72. The van der Waals surface area contributed by atoms with Crippen molar-refractivity contribution in [2.24, 2.45) is 0 Å². The number of aromatic nitrogens is 2. The molecule has 1 aromatic heterocycles. The van der Waals surface area contributed by atoms with Crippen LogP contribution in [0.3, 0.4) is 0 Å². The highest BCUT2D eigenvalue weighted by Gasteiger charge is 2.27. The zero-order valence-electron chi connectivity index (χ0n) is 15.1. The Morgan fingerprint density at radius 1 is 1.26 bits per heavy atom. The lowest BCUT2D eigenvalue weighted by Gasteiger charge is -2.15. The van der Waals surface area contributed by atoms with Crippen LogP contribution in [-0.4, -0.2) is 28.5 Å². The Hall–Kier alpha value is -2.76. The molecule has 1 atom stereocenters. The number of carbonyl (C=O) groups excluding carboxylic acids is 1. The molecule has 0 fully saturated rings. The molecule has 1 aliphatic carbocycles. The second kappa shape index (κ2) is 7.86. The Balaban J connectivity index is 1.41. The number of ether oxygens (including phenoxy) is 1. The van der Waals surface area contributed by atoms with Crippen molar-refractivity contribution >= 4 is 5.91 Å². The van der Waals surface area contributed by atoms with Gasteiger partial charge in [-0.05, 0) is 37.8 Å². The third-order valence-electron chi connectivity index (χ3n) is 5.03. The largest absolute Gasteiger partial charge is 0.487 e. The van der Waals surface area contributed by atoms with Gasteiger partial charge in [-0.25, -0.2) is 14.4 Å². The molecular weight excluding hydrogens is 345 g/mol. The number of amides is 1. The second-order valence-electron chi connectivity index (χ2n) is 7.10. The summed E-state index contributed by atoms with van der Waals surface area (Å²) in [4.78, 5) is 20.2. The highest BCUT2D eigenvalue weighted by molar-refractivity contribution is 5.78. The van der Waals surface area contributed by atoms with E-state index in [0.717, 1.165) is 24.8 Å². The fourth-order valence-electron chi connectivity index (χ4n) is 3.72. The molecule has 140 valence electrons. The Labute approximate surface area is 157 Å². The fraction of sp³-hybridized carbons (Fsp3) is 0.381. The van der Waals surface area contributed by atoms with Crippen molar-refractivity contribution in [2.75, 3.05) is 6.54 Å². The molecule has 0 spiro atoms. The normalized spacial score (nSPS) is 18.4. The predicted octanol–water partition coefficient (Wildman–Crippen LogP) is 3.59. The molecule has 0 saturated carbocycles. The first-order chi connectivity index (χ1) is 13.2. The van der Waals surface area contributed by atoms with Gasteiger partial charge in [0.2, 0.25) is 5.91 Å². The van der Waals surface area contributed by atoms with Crippen LogP contribution in [0.25, 0.3) is 11.1 Å². The quantitative estimate of drug-likeness (QED) is 0.821. The first-order valence-corrected chi connectivity index (χ1v) is 9.38. The monoisotopic (exact) mass is 367 g/mol. The summed E-state index contributed by atoms with van der Waals surface area (Å²) in [5.41, 5.74) is 3.39. The summed E-state index contributed by atoms with van der Waals surface area (Å²) in [7, 11) is 0. The van der Waals surface area contributed by atoms with Crippen molar-refractivity contribution in [2.45, 2.75) is 44.6 Å². The molecule has 2 heterocycles. The van der Waals surface area contributed by atoms with Gasteiger partial charge in [-0.15, -0.1) is 0 Å². The molecule has 0 saturated heterocycles. The summed E-state index contributed by atoms with van der Waals surface area (Å²) in [5, 5.41) is 2.96. The van der Waals surface area contributed by atoms with Gasteiger partial charge >= 0.3 is 0 Å². The standard InChI is InChI=1S/C21H22FN3O2/c22-17-7-15-8-18(12-25-20(26)6-14-4-2-1-3-5-14)27-21(15)19(9-17)16-10-23-13-24-11-16/h4,7,9-11,13,18H,1-3,5-6,8,12H2,(H,25,26)/t18-/m1/s1. The number of benzene rings is 1. The van der Waals surface area contributed by atoms with E-state index in [2.05, 4.69) is 21.4 Å². The summed E-state index contributed by atoms with van der Waals surface area (Å²) in [6, 6.07) is 2.94. The van der Waals surface area contributed by atoms with Crippen LogP contribution >= 0.6 is 0 Å². The highest BCUT2D eigenvalue weighted by Crippen LogP contribution is 2.39. The lowest BCUT2D eigenvalue weighted by Crippen LogP contribution is -2.34. The van der Waals surface area contributed by atoms with Crippen molar-refractivity contribution in [3.8, 4) is 16.9 Å². The molecule has 27 heavy (non-hydrogen) atoms. The van der Waals surface area contributed by atoms with Crippen LogP contribution in [0.4, 0.5) is 4.39 Å². The number of hydrogen-bond donors (Lipinski definition) is 1. The van der Waals surface area contributed by atoms with Crippen LogP contribution in [0, 0.1) is 5.82 Å². The predicted molar refractivity (Wildman–Crippen MR) is 99.7 cm³/mol. The molecule has 0 bridgehead atoms. The Morgan fingerprint density at radius 3 is 2.89 bits per heavy atom. The molecule has 2 aliphatic rings. The smallest absolute Gasteiger partial charge is 0.224 e. The van der Waals surface area contributed by atoms with Crippen molar-refractivity contribution in [3.05, 3.63) is 53.9 Å². The Bertz CT molecular complexity index is 867. The van der Waals surface area contributed by atoms with Crippen LogP contribution in [0.2, 0.25) is 0 Å². The van der Waals surface area contributed by atoms with Gasteiger partial charge in [-0.2, -0.15) is 0 Å². The van der Waals surface area contributed by atoms with Crippen LogP contribution in [-0.2, 0) is 11.2 Å². The number of allylic oxidation sites excluding steroid dienone is 1. The summed E-state index contributed by atoms with van der Waals surface area (Å²) in [6.07, 6.45) is 12.2. The molecule has 1 aliphatic heterocycles. The van der Waals surface area contributed by atoms with E-state index in [1.54, 1.807) is 12.4 Å². The van der Waals surface area contributed by atoms with Crippen LogP contribution < -0.4 is 10.1 Å². The number of nitrogens with zero attached hydrogens (tertiary/aromatic N) is 2. The minimum absolute atomic E-state index is 0.0190. The van der Waals surface area contributed by atoms with Crippen molar-refractivity contribution in [1.82, 2.24) is 15.3 Å². The summed E-state index contributed by atoms with van der Waals surface area (Å²) in [6.45, 7) is 0.410. The van der Waals surface area contributed by atoms with Gasteiger partial charge in [0.25, 0.3) is 0 Å². The van der Waals surface area contributed by atoms with E-state index in [9.17, 15) is 9.18 Å². The molecule has 5 nitrogen and oxygen atoms in total. The van der Waals surface area contributed by atoms with Gasteiger partial charge in [0.15, 0.2) is 0 Å². The summed E-state index contributed by atoms with van der Waals surface area (Å²) < 4.78 is 20.1. The third-order valence-corrected chi connectivity index (χ3v) is 5.03. The lowest BCUT2D eigenvalue weighted by molar-refractivity contribution is -0.120. The van der Waals surface area contributed by atoms with Gasteiger partial charge in [-0.1, -0.05) is 11.6 Å². The van der Waals surface area contributed by atoms with Gasteiger partial charge in [0.1, 0.15) is 24.0 Å². The van der Waals surface area contributed by atoms with Crippen molar-refractivity contribution in [3.63, 3.8) is 0 Å². The number of fused-ring (bicyclic) bond motifs is 1. The number of halogens is 1. The van der Waals surface area contributed by atoms with Crippen LogP contribution in [0.1, 0.15) is 37.7 Å². The molecule has 0 unspecified atom stereocenters. The highest BCUT2D eigenvalue weighted by atomic mass is 19.1. The van der Waals surface area contributed by atoms with Gasteiger partial charge in [0.05, 0.1) is 6.54 Å². The number of rotatable bonds is 5. The first-order valence-electron chi connectivity index (χ1n) is 9.38. The molecule has 6 heteroatoms. The average molecular weight is 367 g/mol. The van der Waals surface area contributed by atoms with E-state index < -0.39 is 0 Å². The van der Waals surface area contributed by atoms with E-state index in [1.807, 2.05) is 0 Å². The number of nitrogens with one attached hydrogen (secondary N) is 1. The summed E-state index contributed by atoms with van der Waals surface area (Å²) in [5.74, 6) is 0.358. The molecule has 4 rings (SSSR count). The molecule has 0 radical (unpaired) electrons. The van der Waals surface area contributed by atoms with E-state index in [-0.39, 0.29) is 17.8 Å². The Kier molecular flexibility index (Phi) is 5.14.